The van der Waals surface area contributed by atoms with Crippen LogP contribution in [-0.2, 0) is 9.47 Å². The van der Waals surface area contributed by atoms with Crippen molar-refractivity contribution in [3.63, 3.8) is 0 Å². The van der Waals surface area contributed by atoms with Crippen LogP contribution in [-0.4, -0.2) is 59.1 Å². The normalized spacial score (nSPS) is 25.8. The highest BCUT2D eigenvalue weighted by molar-refractivity contribution is 5.94. The molecule has 3 atom stereocenters. The Hall–Kier alpha value is -2.18. The Morgan fingerprint density at radius 3 is 2.96 bits per heavy atom. The van der Waals surface area contributed by atoms with Crippen LogP contribution in [0.25, 0.3) is 5.69 Å². The molecule has 1 aromatic carbocycles. The van der Waals surface area contributed by atoms with Gasteiger partial charge in [0, 0.05) is 19.9 Å². The summed E-state index contributed by atoms with van der Waals surface area (Å²) in [5.74, 6) is 0.0277. The number of fused-ring (bicyclic) bond motifs is 1. The topological polar surface area (TPSA) is 56.6 Å². The molecule has 26 heavy (non-hydrogen) atoms. The molecular weight excluding hydrogens is 330 g/mol. The number of ether oxygens (including phenoxy) is 2. The lowest BCUT2D eigenvalue weighted by atomic mass is 9.87. The number of aromatic nitrogens is 2. The Morgan fingerprint density at radius 2 is 2.15 bits per heavy atom. The molecule has 1 saturated carbocycles. The fraction of sp³-hybridized carbons (Fsp3) is 0.500. The summed E-state index contributed by atoms with van der Waals surface area (Å²) in [6.07, 6.45) is 6.56. The maximum atomic E-state index is 13.2. The highest BCUT2D eigenvalue weighted by Crippen LogP contribution is 2.31. The molecule has 3 unspecified atom stereocenters. The molecule has 6 heteroatoms. The summed E-state index contributed by atoms with van der Waals surface area (Å²) < 4.78 is 13.2. The van der Waals surface area contributed by atoms with E-state index in [4.69, 9.17) is 9.47 Å². The lowest BCUT2D eigenvalue weighted by Gasteiger charge is -2.45. The Kier molecular flexibility index (Phi) is 4.78. The maximum absolute atomic E-state index is 13.2. The second-order valence-corrected chi connectivity index (χ2v) is 7.11. The van der Waals surface area contributed by atoms with Gasteiger partial charge in [0.05, 0.1) is 42.3 Å². The fourth-order valence-electron chi connectivity index (χ4n) is 4.09. The van der Waals surface area contributed by atoms with Gasteiger partial charge in [-0.25, -0.2) is 4.68 Å². The molecule has 1 amide bonds. The van der Waals surface area contributed by atoms with Crippen LogP contribution in [0.5, 0.6) is 0 Å². The third-order valence-corrected chi connectivity index (χ3v) is 5.56. The van der Waals surface area contributed by atoms with Gasteiger partial charge in [-0.05, 0) is 37.8 Å². The van der Waals surface area contributed by atoms with Crippen molar-refractivity contribution in [2.45, 2.75) is 44.4 Å². The molecule has 4 rings (SSSR count). The first kappa shape index (κ1) is 17.2. The van der Waals surface area contributed by atoms with Crippen LogP contribution in [0.3, 0.4) is 0 Å². The molecule has 1 aromatic heterocycles. The molecule has 1 aliphatic carbocycles. The summed E-state index contributed by atoms with van der Waals surface area (Å²) in [4.78, 5) is 15.1. The minimum atomic E-state index is 0.0277. The molecular formula is C20H25N3O3. The summed E-state index contributed by atoms with van der Waals surface area (Å²) in [6, 6.07) is 8.10. The highest BCUT2D eigenvalue weighted by Gasteiger charge is 2.40. The Bertz CT molecular complexity index is 788. The number of para-hydroxylation sites is 1. The van der Waals surface area contributed by atoms with Crippen LogP contribution in [0.4, 0.5) is 0 Å². The van der Waals surface area contributed by atoms with Gasteiger partial charge in [0.15, 0.2) is 0 Å². The van der Waals surface area contributed by atoms with Crippen molar-refractivity contribution in [3.8, 4) is 5.69 Å². The van der Waals surface area contributed by atoms with E-state index in [2.05, 4.69) is 5.10 Å². The third-order valence-electron chi connectivity index (χ3n) is 5.56. The zero-order valence-corrected chi connectivity index (χ0v) is 15.3. The average Bonchev–Trinajstić information content (AvgIpc) is 3.16. The van der Waals surface area contributed by atoms with E-state index < -0.39 is 0 Å². The Labute approximate surface area is 153 Å². The lowest BCUT2D eigenvalue weighted by molar-refractivity contribution is -0.101. The first-order chi connectivity index (χ1) is 12.7. The monoisotopic (exact) mass is 355 g/mol. The third kappa shape index (κ3) is 3.15. The number of rotatable bonds is 3. The van der Waals surface area contributed by atoms with Crippen molar-refractivity contribution < 1.29 is 14.3 Å². The number of morpholine rings is 1. The van der Waals surface area contributed by atoms with Crippen molar-refractivity contribution >= 4 is 5.91 Å². The van der Waals surface area contributed by atoms with Crippen LogP contribution in [0.2, 0.25) is 0 Å². The summed E-state index contributed by atoms with van der Waals surface area (Å²) in [5, 5.41) is 4.41. The predicted molar refractivity (Wildman–Crippen MR) is 97.5 cm³/mol. The number of amides is 1. The molecule has 6 nitrogen and oxygen atoms in total. The number of methoxy groups -OCH3 is 1. The van der Waals surface area contributed by atoms with Crippen LogP contribution < -0.4 is 0 Å². The largest absolute Gasteiger partial charge is 0.381 e. The number of aryl methyl sites for hydroxylation is 1. The molecule has 1 saturated heterocycles. The second kappa shape index (κ2) is 7.21. The predicted octanol–water partition coefficient (Wildman–Crippen LogP) is 2.59. The average molecular weight is 355 g/mol. The minimum Gasteiger partial charge on any atom is -0.381 e. The molecule has 2 fully saturated rings. The molecule has 2 heterocycles. The zero-order chi connectivity index (χ0) is 18.1. The van der Waals surface area contributed by atoms with Crippen LogP contribution >= 0.6 is 0 Å². The standard InChI is InChI=1S/C20H25N3O3/c1-14-5-3-4-6-17(14)23-13-15(12-21-23)20(24)22-9-10-26-19-8-7-16(25-2)11-18(19)22/h3-6,12-13,16,18-19H,7-11H2,1-2H3. The summed E-state index contributed by atoms with van der Waals surface area (Å²) >= 11 is 0. The second-order valence-electron chi connectivity index (χ2n) is 7.11. The molecule has 0 radical (unpaired) electrons. The van der Waals surface area contributed by atoms with Gasteiger partial charge in [0.25, 0.3) is 5.91 Å². The maximum Gasteiger partial charge on any atom is 0.257 e. The first-order valence-corrected chi connectivity index (χ1v) is 9.23. The molecule has 0 N–H and O–H groups in total. The molecule has 2 aliphatic rings. The van der Waals surface area contributed by atoms with E-state index in [9.17, 15) is 4.79 Å². The Balaban J connectivity index is 1.56. The van der Waals surface area contributed by atoms with Gasteiger partial charge in [0.1, 0.15) is 0 Å². The Morgan fingerprint density at radius 1 is 1.31 bits per heavy atom. The van der Waals surface area contributed by atoms with Crippen LogP contribution in [0.15, 0.2) is 36.7 Å². The van der Waals surface area contributed by atoms with Crippen molar-refractivity contribution in [1.29, 1.82) is 0 Å². The zero-order valence-electron chi connectivity index (χ0n) is 15.3. The van der Waals surface area contributed by atoms with Crippen molar-refractivity contribution in [2.24, 2.45) is 0 Å². The van der Waals surface area contributed by atoms with E-state index in [1.54, 1.807) is 18.0 Å². The number of hydrogen-bond acceptors (Lipinski definition) is 4. The van der Waals surface area contributed by atoms with E-state index >= 15 is 0 Å². The van der Waals surface area contributed by atoms with Crippen molar-refractivity contribution in [1.82, 2.24) is 14.7 Å². The smallest absolute Gasteiger partial charge is 0.257 e. The fourth-order valence-corrected chi connectivity index (χ4v) is 4.09. The van der Waals surface area contributed by atoms with Crippen molar-refractivity contribution in [3.05, 3.63) is 47.8 Å². The first-order valence-electron chi connectivity index (χ1n) is 9.23. The van der Waals surface area contributed by atoms with Gasteiger partial charge in [-0.2, -0.15) is 5.10 Å². The molecule has 2 aromatic rings. The molecule has 0 bridgehead atoms. The summed E-state index contributed by atoms with van der Waals surface area (Å²) in [6.45, 7) is 3.25. The van der Waals surface area contributed by atoms with Gasteiger partial charge < -0.3 is 14.4 Å². The molecule has 1 aliphatic heterocycles. The van der Waals surface area contributed by atoms with E-state index in [1.165, 1.54) is 0 Å². The van der Waals surface area contributed by atoms with Gasteiger partial charge in [-0.15, -0.1) is 0 Å². The van der Waals surface area contributed by atoms with E-state index in [0.29, 0.717) is 18.7 Å². The molecule has 0 spiro atoms. The minimum absolute atomic E-state index is 0.0277. The van der Waals surface area contributed by atoms with E-state index in [0.717, 1.165) is 30.5 Å². The number of carbonyl (C=O) groups is 1. The van der Waals surface area contributed by atoms with Gasteiger partial charge in [-0.1, -0.05) is 18.2 Å². The van der Waals surface area contributed by atoms with Crippen LogP contribution in [0, 0.1) is 6.92 Å². The lowest BCUT2D eigenvalue weighted by Crippen LogP contribution is -2.56. The van der Waals surface area contributed by atoms with Crippen LogP contribution in [0.1, 0.15) is 35.2 Å². The number of carbonyl (C=O) groups excluding carboxylic acids is 1. The number of nitrogens with zero attached hydrogens (tertiary/aromatic N) is 3. The quantitative estimate of drug-likeness (QED) is 0.849. The van der Waals surface area contributed by atoms with E-state index in [1.807, 2.05) is 42.3 Å². The van der Waals surface area contributed by atoms with E-state index in [-0.39, 0.29) is 24.2 Å². The van der Waals surface area contributed by atoms with Gasteiger partial charge in [-0.3, -0.25) is 4.79 Å². The van der Waals surface area contributed by atoms with Crippen molar-refractivity contribution in [2.75, 3.05) is 20.3 Å². The molecule has 138 valence electrons. The number of hydrogen-bond donors (Lipinski definition) is 0. The summed E-state index contributed by atoms with van der Waals surface area (Å²) in [7, 11) is 1.74. The number of benzene rings is 1. The highest BCUT2D eigenvalue weighted by atomic mass is 16.5. The van der Waals surface area contributed by atoms with Gasteiger partial charge in [0.2, 0.25) is 0 Å². The van der Waals surface area contributed by atoms with Gasteiger partial charge >= 0.3 is 0 Å². The SMILES string of the molecule is COC1CCC2OCCN(C(=O)c3cnn(-c4ccccc4C)c3)C2C1. The summed E-state index contributed by atoms with van der Waals surface area (Å²) in [5.41, 5.74) is 2.73.